The normalized spacial score (nSPS) is 24.0. The molecule has 2 rings (SSSR count). The van der Waals surface area contributed by atoms with Crippen LogP contribution < -0.4 is 5.32 Å². The maximum Gasteiger partial charge on any atom is 0.407 e. The lowest BCUT2D eigenvalue weighted by Crippen LogP contribution is -2.62. The van der Waals surface area contributed by atoms with Crippen molar-refractivity contribution in [3.05, 3.63) is 23.2 Å². The third-order valence-corrected chi connectivity index (χ3v) is 5.65. The van der Waals surface area contributed by atoms with E-state index in [1.54, 1.807) is 6.07 Å². The van der Waals surface area contributed by atoms with Crippen LogP contribution in [0.1, 0.15) is 40.5 Å². The van der Waals surface area contributed by atoms with Crippen molar-refractivity contribution in [2.45, 2.75) is 46.1 Å². The second-order valence-electron chi connectivity index (χ2n) is 7.80. The van der Waals surface area contributed by atoms with E-state index in [-0.39, 0.29) is 29.3 Å². The molecule has 0 bridgehead atoms. The second-order valence-corrected chi connectivity index (χ2v) is 8.24. The summed E-state index contributed by atoms with van der Waals surface area (Å²) in [6.07, 6.45) is 0.148. The molecule has 1 aromatic carbocycles. The van der Waals surface area contributed by atoms with Crippen LogP contribution in [0.25, 0.3) is 0 Å². The number of aromatic hydroxyl groups is 1. The summed E-state index contributed by atoms with van der Waals surface area (Å²) >= 11 is 5.79. The Hall–Kier alpha value is -1.95. The molecule has 25 heavy (non-hydrogen) atoms. The molecule has 7 heteroatoms. The fourth-order valence-electron chi connectivity index (χ4n) is 3.23. The van der Waals surface area contributed by atoms with Crippen LogP contribution >= 0.6 is 11.6 Å². The van der Waals surface area contributed by atoms with Crippen molar-refractivity contribution in [3.63, 3.8) is 0 Å². The Bertz CT molecular complexity index is 686. The van der Waals surface area contributed by atoms with E-state index in [1.165, 1.54) is 17.0 Å². The zero-order chi connectivity index (χ0) is 19.0. The SMILES string of the molecule is CC(C)(C)[C@@]1(C)CC[C@@H](C(=O)Nc2ccc(Cl)cc2O)CN1C(=O)O. The van der Waals surface area contributed by atoms with E-state index in [9.17, 15) is 19.8 Å². The maximum absolute atomic E-state index is 12.6. The molecule has 1 saturated heterocycles. The van der Waals surface area contributed by atoms with Gasteiger partial charge in [0.15, 0.2) is 0 Å². The minimum absolute atomic E-state index is 0.119. The van der Waals surface area contributed by atoms with Crippen LogP contribution in [-0.4, -0.2) is 39.2 Å². The number of benzene rings is 1. The highest BCUT2D eigenvalue weighted by atomic mass is 35.5. The van der Waals surface area contributed by atoms with Gasteiger partial charge >= 0.3 is 6.09 Å². The van der Waals surface area contributed by atoms with Gasteiger partial charge in [-0.3, -0.25) is 4.79 Å². The van der Waals surface area contributed by atoms with Crippen LogP contribution in [0.2, 0.25) is 5.02 Å². The summed E-state index contributed by atoms with van der Waals surface area (Å²) in [4.78, 5) is 25.7. The average Bonchev–Trinajstić information content (AvgIpc) is 2.49. The summed E-state index contributed by atoms with van der Waals surface area (Å²) in [6.45, 7) is 8.09. The van der Waals surface area contributed by atoms with Crippen molar-refractivity contribution in [1.82, 2.24) is 4.90 Å². The summed E-state index contributed by atoms with van der Waals surface area (Å²) in [6, 6.07) is 4.43. The lowest BCUT2D eigenvalue weighted by atomic mass is 9.67. The van der Waals surface area contributed by atoms with Crippen LogP contribution in [0.4, 0.5) is 10.5 Å². The standard InChI is InChI=1S/C18H25ClN2O4/c1-17(2,3)18(4)8-7-11(10-21(18)16(24)25)15(23)20-13-6-5-12(19)9-14(13)22/h5-6,9,11,22H,7-8,10H2,1-4H3,(H,20,23)(H,24,25)/t11-,18-/m1/s1. The molecule has 138 valence electrons. The number of nitrogens with one attached hydrogen (secondary N) is 1. The molecule has 1 aliphatic rings. The molecule has 3 N–H and O–H groups in total. The Morgan fingerprint density at radius 1 is 1.36 bits per heavy atom. The van der Waals surface area contributed by atoms with E-state index in [0.29, 0.717) is 17.9 Å². The summed E-state index contributed by atoms with van der Waals surface area (Å²) in [7, 11) is 0. The minimum Gasteiger partial charge on any atom is -0.506 e. The van der Waals surface area contributed by atoms with Gasteiger partial charge in [0.1, 0.15) is 5.75 Å². The Labute approximate surface area is 152 Å². The molecule has 1 aliphatic heterocycles. The van der Waals surface area contributed by atoms with Gasteiger partial charge in [-0.05, 0) is 37.3 Å². The number of piperidine rings is 1. The molecule has 0 unspecified atom stereocenters. The highest BCUT2D eigenvalue weighted by Gasteiger charge is 2.49. The van der Waals surface area contributed by atoms with Gasteiger partial charge in [0.05, 0.1) is 11.6 Å². The molecule has 0 aromatic heterocycles. The fourth-order valence-corrected chi connectivity index (χ4v) is 3.40. The maximum atomic E-state index is 12.6. The van der Waals surface area contributed by atoms with Gasteiger partial charge in [-0.1, -0.05) is 32.4 Å². The number of likely N-dealkylation sites (tertiary alicyclic amines) is 1. The smallest absolute Gasteiger partial charge is 0.407 e. The van der Waals surface area contributed by atoms with Crippen molar-refractivity contribution in [3.8, 4) is 5.75 Å². The molecule has 0 spiro atoms. The van der Waals surface area contributed by atoms with Gasteiger partial charge in [0, 0.05) is 23.2 Å². The number of carboxylic acid groups (broad SMARTS) is 1. The predicted octanol–water partition coefficient (Wildman–Crippen LogP) is 4.18. The zero-order valence-electron chi connectivity index (χ0n) is 15.0. The number of hydrogen-bond donors (Lipinski definition) is 3. The molecule has 0 aliphatic carbocycles. The van der Waals surface area contributed by atoms with E-state index >= 15 is 0 Å². The van der Waals surface area contributed by atoms with E-state index in [2.05, 4.69) is 5.32 Å². The number of hydrogen-bond acceptors (Lipinski definition) is 3. The summed E-state index contributed by atoms with van der Waals surface area (Å²) < 4.78 is 0. The van der Waals surface area contributed by atoms with Gasteiger partial charge in [0.25, 0.3) is 0 Å². The predicted molar refractivity (Wildman–Crippen MR) is 97.1 cm³/mol. The lowest BCUT2D eigenvalue weighted by Gasteiger charge is -2.53. The largest absolute Gasteiger partial charge is 0.506 e. The number of phenolic OH excluding ortho intramolecular Hbond substituents is 1. The number of rotatable bonds is 2. The number of nitrogens with zero attached hydrogens (tertiary/aromatic N) is 1. The Kier molecular flexibility index (Phi) is 5.23. The first-order chi connectivity index (χ1) is 11.5. The highest BCUT2D eigenvalue weighted by Crippen LogP contribution is 2.43. The summed E-state index contributed by atoms with van der Waals surface area (Å²) in [5.74, 6) is -0.896. The molecule has 0 radical (unpaired) electrons. The molecule has 0 saturated carbocycles. The number of halogens is 1. The first kappa shape index (κ1) is 19.4. The van der Waals surface area contributed by atoms with Gasteiger partial charge in [0.2, 0.25) is 5.91 Å². The highest BCUT2D eigenvalue weighted by molar-refractivity contribution is 6.30. The minimum atomic E-state index is -1.02. The second kappa shape index (κ2) is 6.75. The van der Waals surface area contributed by atoms with Crippen LogP contribution in [-0.2, 0) is 4.79 Å². The number of carbonyl (C=O) groups excluding carboxylic acids is 1. The quantitative estimate of drug-likeness (QED) is 0.683. The molecule has 2 amide bonds. The Morgan fingerprint density at radius 2 is 2.00 bits per heavy atom. The lowest BCUT2D eigenvalue weighted by molar-refractivity contribution is -0.124. The van der Waals surface area contributed by atoms with Gasteiger partial charge in [-0.2, -0.15) is 0 Å². The fraction of sp³-hybridized carbons (Fsp3) is 0.556. The van der Waals surface area contributed by atoms with Crippen LogP contribution in [0.15, 0.2) is 18.2 Å². The van der Waals surface area contributed by atoms with Crippen LogP contribution in [0.5, 0.6) is 5.75 Å². The number of amides is 2. The van der Waals surface area contributed by atoms with Crippen molar-refractivity contribution >= 4 is 29.3 Å². The van der Waals surface area contributed by atoms with Gasteiger partial charge in [-0.25, -0.2) is 4.79 Å². The Balaban J connectivity index is 2.16. The monoisotopic (exact) mass is 368 g/mol. The first-order valence-electron chi connectivity index (χ1n) is 8.25. The van der Waals surface area contributed by atoms with E-state index in [0.717, 1.165) is 0 Å². The third kappa shape index (κ3) is 3.84. The number of phenols is 1. The van der Waals surface area contributed by atoms with Gasteiger partial charge < -0.3 is 20.4 Å². The molecule has 6 nitrogen and oxygen atoms in total. The van der Waals surface area contributed by atoms with Crippen LogP contribution in [0.3, 0.4) is 0 Å². The molecule has 1 fully saturated rings. The topological polar surface area (TPSA) is 89.9 Å². The zero-order valence-corrected chi connectivity index (χ0v) is 15.7. The molecule has 1 heterocycles. The van der Waals surface area contributed by atoms with Gasteiger partial charge in [-0.15, -0.1) is 0 Å². The van der Waals surface area contributed by atoms with Crippen molar-refractivity contribution < 1.29 is 19.8 Å². The summed E-state index contributed by atoms with van der Waals surface area (Å²) in [5.41, 5.74) is -0.528. The molecular weight excluding hydrogens is 344 g/mol. The average molecular weight is 369 g/mol. The molecule has 2 atom stereocenters. The van der Waals surface area contributed by atoms with Crippen molar-refractivity contribution in [1.29, 1.82) is 0 Å². The molecule has 1 aromatic rings. The summed E-state index contributed by atoms with van der Waals surface area (Å²) in [5, 5.41) is 22.5. The third-order valence-electron chi connectivity index (χ3n) is 5.41. The van der Waals surface area contributed by atoms with E-state index in [4.69, 9.17) is 11.6 Å². The van der Waals surface area contributed by atoms with Crippen LogP contribution in [0, 0.1) is 11.3 Å². The Morgan fingerprint density at radius 3 is 2.52 bits per heavy atom. The number of anilines is 1. The number of carbonyl (C=O) groups is 2. The first-order valence-corrected chi connectivity index (χ1v) is 8.63. The van der Waals surface area contributed by atoms with Crippen molar-refractivity contribution in [2.24, 2.45) is 11.3 Å². The van der Waals surface area contributed by atoms with E-state index < -0.39 is 17.6 Å². The van der Waals surface area contributed by atoms with Crippen molar-refractivity contribution in [2.75, 3.05) is 11.9 Å². The molecular formula is C18H25ClN2O4. The van der Waals surface area contributed by atoms with E-state index in [1.807, 2.05) is 27.7 Å².